The lowest BCUT2D eigenvalue weighted by molar-refractivity contribution is 0.0997. The Morgan fingerprint density at radius 1 is 1.38 bits per heavy atom. The number of nitrogens with one attached hydrogen (secondary N) is 1. The summed E-state index contributed by atoms with van der Waals surface area (Å²) in [4.78, 5) is 16.2. The Morgan fingerprint density at radius 2 is 2.19 bits per heavy atom. The first kappa shape index (κ1) is 13.6. The van der Waals surface area contributed by atoms with E-state index in [0.717, 1.165) is 15.4 Å². The van der Waals surface area contributed by atoms with Gasteiger partial charge in [0.25, 0.3) is 5.91 Å². The van der Waals surface area contributed by atoms with E-state index in [0.29, 0.717) is 5.58 Å². The van der Waals surface area contributed by atoms with E-state index in [9.17, 15) is 9.90 Å². The van der Waals surface area contributed by atoms with Gasteiger partial charge in [-0.15, -0.1) is 0 Å². The third-order valence-electron chi connectivity index (χ3n) is 3.12. The quantitative estimate of drug-likeness (QED) is 0.738. The maximum Gasteiger partial charge on any atom is 0.292 e. The lowest BCUT2D eigenvalue weighted by Gasteiger charge is -2.04. The minimum Gasteiger partial charge on any atom is -0.504 e. The van der Waals surface area contributed by atoms with Gasteiger partial charge in [-0.1, -0.05) is 15.9 Å². The van der Waals surface area contributed by atoms with Crippen LogP contribution in [0.25, 0.3) is 11.0 Å². The largest absolute Gasteiger partial charge is 0.504 e. The van der Waals surface area contributed by atoms with Gasteiger partial charge in [0.2, 0.25) is 0 Å². The number of halogens is 1. The molecule has 0 unspecified atom stereocenters. The summed E-state index contributed by atoms with van der Waals surface area (Å²) in [5.74, 6) is -0.243. The molecule has 1 aromatic carbocycles. The van der Waals surface area contributed by atoms with Crippen LogP contribution in [0.5, 0.6) is 5.75 Å². The van der Waals surface area contributed by atoms with Gasteiger partial charge in [-0.05, 0) is 37.3 Å². The second kappa shape index (κ2) is 5.21. The standard InChI is InChI=1S/C15H11BrN2O3/c1-8-10-7-9(16)4-5-12(10)21-13(8)15(20)18-14-11(19)3-2-6-17-14/h2-7,19H,1H3,(H,17,18,20). The zero-order valence-electron chi connectivity index (χ0n) is 11.1. The molecule has 0 fully saturated rings. The van der Waals surface area contributed by atoms with Crippen molar-refractivity contribution in [3.05, 3.63) is 52.3 Å². The maximum atomic E-state index is 12.3. The molecule has 0 aliphatic heterocycles. The molecular formula is C15H11BrN2O3. The Morgan fingerprint density at radius 3 is 2.95 bits per heavy atom. The summed E-state index contributed by atoms with van der Waals surface area (Å²) in [5, 5.41) is 13.0. The smallest absolute Gasteiger partial charge is 0.292 e. The zero-order valence-corrected chi connectivity index (χ0v) is 12.6. The Hall–Kier alpha value is -2.34. The average molecular weight is 347 g/mol. The number of anilines is 1. The lowest BCUT2D eigenvalue weighted by Crippen LogP contribution is -2.13. The summed E-state index contributed by atoms with van der Waals surface area (Å²) >= 11 is 3.39. The molecule has 3 rings (SSSR count). The molecule has 0 spiro atoms. The predicted molar refractivity (Wildman–Crippen MR) is 82.5 cm³/mol. The highest BCUT2D eigenvalue weighted by molar-refractivity contribution is 9.10. The summed E-state index contributed by atoms with van der Waals surface area (Å²) in [6.07, 6.45) is 1.48. The van der Waals surface area contributed by atoms with Gasteiger partial charge in [0.15, 0.2) is 17.3 Å². The number of rotatable bonds is 2. The SMILES string of the molecule is Cc1c(C(=O)Nc2ncccc2O)oc2ccc(Br)cc12. The number of hydrogen-bond donors (Lipinski definition) is 2. The summed E-state index contributed by atoms with van der Waals surface area (Å²) < 4.78 is 6.50. The number of nitrogens with zero attached hydrogens (tertiary/aromatic N) is 1. The number of benzene rings is 1. The first-order valence-electron chi connectivity index (χ1n) is 6.20. The summed E-state index contributed by atoms with van der Waals surface area (Å²) in [6, 6.07) is 8.56. The number of amides is 1. The number of aryl methyl sites for hydroxylation is 1. The lowest BCUT2D eigenvalue weighted by atomic mass is 10.1. The molecule has 0 saturated carbocycles. The van der Waals surface area contributed by atoms with Crippen LogP contribution in [0.15, 0.2) is 45.4 Å². The van der Waals surface area contributed by atoms with Crippen molar-refractivity contribution in [2.75, 3.05) is 5.32 Å². The van der Waals surface area contributed by atoms with Crippen LogP contribution in [0.4, 0.5) is 5.82 Å². The molecule has 0 aliphatic rings. The number of carbonyl (C=O) groups excluding carboxylic acids is 1. The first-order chi connectivity index (χ1) is 10.1. The van der Waals surface area contributed by atoms with Gasteiger partial charge in [0.1, 0.15) is 5.58 Å². The highest BCUT2D eigenvalue weighted by atomic mass is 79.9. The van der Waals surface area contributed by atoms with Gasteiger partial charge in [0, 0.05) is 21.6 Å². The first-order valence-corrected chi connectivity index (χ1v) is 6.99. The maximum absolute atomic E-state index is 12.3. The topological polar surface area (TPSA) is 75.4 Å². The highest BCUT2D eigenvalue weighted by Gasteiger charge is 2.19. The summed E-state index contributed by atoms with van der Waals surface area (Å²) in [6.45, 7) is 1.81. The van der Waals surface area contributed by atoms with Crippen LogP contribution in [-0.4, -0.2) is 16.0 Å². The zero-order chi connectivity index (χ0) is 15.0. The van der Waals surface area contributed by atoms with E-state index in [4.69, 9.17) is 4.42 Å². The molecule has 2 heterocycles. The molecule has 0 bridgehead atoms. The fourth-order valence-electron chi connectivity index (χ4n) is 2.07. The Kier molecular flexibility index (Phi) is 3.39. The Bertz CT molecular complexity index is 842. The van der Waals surface area contributed by atoms with Crippen molar-refractivity contribution in [2.45, 2.75) is 6.92 Å². The molecule has 2 aromatic heterocycles. The number of carbonyl (C=O) groups is 1. The molecule has 6 heteroatoms. The van der Waals surface area contributed by atoms with Gasteiger partial charge >= 0.3 is 0 Å². The van der Waals surface area contributed by atoms with Crippen LogP contribution in [0.2, 0.25) is 0 Å². The van der Waals surface area contributed by atoms with E-state index in [-0.39, 0.29) is 17.3 Å². The van der Waals surface area contributed by atoms with Gasteiger partial charge in [-0.3, -0.25) is 4.79 Å². The highest BCUT2D eigenvalue weighted by Crippen LogP contribution is 2.29. The molecule has 0 radical (unpaired) electrons. The van der Waals surface area contributed by atoms with Crippen LogP contribution < -0.4 is 5.32 Å². The van der Waals surface area contributed by atoms with Gasteiger partial charge in [-0.25, -0.2) is 4.98 Å². The molecule has 0 aliphatic carbocycles. The Labute approximate surface area is 128 Å². The Balaban J connectivity index is 1.99. The average Bonchev–Trinajstić information content (AvgIpc) is 2.79. The van der Waals surface area contributed by atoms with Crippen LogP contribution in [-0.2, 0) is 0 Å². The van der Waals surface area contributed by atoms with Gasteiger partial charge in [-0.2, -0.15) is 0 Å². The van der Waals surface area contributed by atoms with Crippen molar-refractivity contribution in [2.24, 2.45) is 0 Å². The van der Waals surface area contributed by atoms with Crippen LogP contribution >= 0.6 is 15.9 Å². The number of fused-ring (bicyclic) bond motifs is 1. The van der Waals surface area contributed by atoms with E-state index in [1.54, 1.807) is 12.1 Å². The van der Waals surface area contributed by atoms with E-state index in [1.807, 2.05) is 19.1 Å². The molecule has 0 atom stereocenters. The van der Waals surface area contributed by atoms with Crippen molar-refractivity contribution in [1.82, 2.24) is 4.98 Å². The van der Waals surface area contributed by atoms with Crippen molar-refractivity contribution in [1.29, 1.82) is 0 Å². The fourth-order valence-corrected chi connectivity index (χ4v) is 2.43. The monoisotopic (exact) mass is 346 g/mol. The molecule has 3 aromatic rings. The van der Waals surface area contributed by atoms with Crippen molar-refractivity contribution in [3.8, 4) is 5.75 Å². The summed E-state index contributed by atoms with van der Waals surface area (Å²) in [5.41, 5.74) is 1.37. The molecule has 2 N–H and O–H groups in total. The second-order valence-electron chi connectivity index (χ2n) is 4.52. The molecule has 5 nitrogen and oxygen atoms in total. The third-order valence-corrected chi connectivity index (χ3v) is 3.62. The number of pyridine rings is 1. The van der Waals surface area contributed by atoms with Crippen molar-refractivity contribution < 1.29 is 14.3 Å². The van der Waals surface area contributed by atoms with Gasteiger partial charge < -0.3 is 14.8 Å². The molecule has 1 amide bonds. The molecule has 21 heavy (non-hydrogen) atoms. The van der Waals surface area contributed by atoms with Crippen LogP contribution in [0, 0.1) is 6.92 Å². The van der Waals surface area contributed by atoms with E-state index in [2.05, 4.69) is 26.2 Å². The number of hydrogen-bond acceptors (Lipinski definition) is 4. The molecule has 106 valence electrons. The van der Waals surface area contributed by atoms with E-state index in [1.165, 1.54) is 12.3 Å². The minimum absolute atomic E-state index is 0.0950. The predicted octanol–water partition coefficient (Wildman–Crippen LogP) is 3.86. The molecular weight excluding hydrogens is 336 g/mol. The minimum atomic E-state index is -0.450. The van der Waals surface area contributed by atoms with Gasteiger partial charge in [0.05, 0.1) is 0 Å². The number of aromatic hydroxyl groups is 1. The number of furan rings is 1. The summed E-state index contributed by atoms with van der Waals surface area (Å²) in [7, 11) is 0. The van der Waals surface area contributed by atoms with E-state index < -0.39 is 5.91 Å². The van der Waals surface area contributed by atoms with E-state index >= 15 is 0 Å². The van der Waals surface area contributed by atoms with Crippen molar-refractivity contribution >= 4 is 38.6 Å². The second-order valence-corrected chi connectivity index (χ2v) is 5.44. The molecule has 0 saturated heterocycles. The number of aromatic nitrogens is 1. The normalized spacial score (nSPS) is 10.8. The van der Waals surface area contributed by atoms with Crippen molar-refractivity contribution in [3.63, 3.8) is 0 Å². The fraction of sp³-hybridized carbons (Fsp3) is 0.0667. The van der Waals surface area contributed by atoms with Crippen LogP contribution in [0.1, 0.15) is 16.1 Å². The van der Waals surface area contributed by atoms with Crippen LogP contribution in [0.3, 0.4) is 0 Å². The third kappa shape index (κ3) is 2.50.